The molecule has 10 heavy (non-hydrogen) atoms. The van der Waals surface area contributed by atoms with E-state index in [0.29, 0.717) is 6.04 Å². The maximum absolute atomic E-state index is 11.0. The van der Waals surface area contributed by atoms with Crippen LogP contribution >= 0.6 is 0 Å². The lowest BCUT2D eigenvalue weighted by Gasteiger charge is -2.20. The number of rotatable bonds is 0. The van der Waals surface area contributed by atoms with Crippen LogP contribution in [0.25, 0.3) is 0 Å². The van der Waals surface area contributed by atoms with Crippen LogP contribution in [0.5, 0.6) is 0 Å². The standard InChI is InChI=1S/C7H11NO2/c9-6-2-1-4-3-5(6)7(10)8-4/h4-6,9H,1-3H2,(H,8,10)/t4-,5+,6+/m1/s1. The van der Waals surface area contributed by atoms with Crippen molar-refractivity contribution in [1.29, 1.82) is 0 Å². The van der Waals surface area contributed by atoms with Gasteiger partial charge in [0.15, 0.2) is 0 Å². The zero-order valence-electron chi connectivity index (χ0n) is 5.71. The molecule has 3 heteroatoms. The van der Waals surface area contributed by atoms with E-state index in [0.717, 1.165) is 19.3 Å². The van der Waals surface area contributed by atoms with Gasteiger partial charge in [-0.1, -0.05) is 0 Å². The summed E-state index contributed by atoms with van der Waals surface area (Å²) < 4.78 is 0. The fourth-order valence-corrected chi connectivity index (χ4v) is 1.88. The van der Waals surface area contributed by atoms with Crippen LogP contribution in [0.15, 0.2) is 0 Å². The summed E-state index contributed by atoms with van der Waals surface area (Å²) in [6.45, 7) is 0. The highest BCUT2D eigenvalue weighted by molar-refractivity contribution is 5.82. The number of hydrogen-bond donors (Lipinski definition) is 2. The minimum Gasteiger partial charge on any atom is -0.392 e. The van der Waals surface area contributed by atoms with Crippen LogP contribution < -0.4 is 5.32 Å². The Morgan fingerprint density at radius 2 is 2.30 bits per heavy atom. The van der Waals surface area contributed by atoms with Crippen LogP contribution in [0, 0.1) is 5.92 Å². The van der Waals surface area contributed by atoms with Gasteiger partial charge >= 0.3 is 0 Å². The molecule has 0 aromatic heterocycles. The summed E-state index contributed by atoms with van der Waals surface area (Å²) in [6.07, 6.45) is 2.20. The van der Waals surface area contributed by atoms with Crippen molar-refractivity contribution >= 4 is 5.91 Å². The molecule has 3 atom stereocenters. The monoisotopic (exact) mass is 141 g/mol. The Kier molecular flexibility index (Phi) is 1.20. The topological polar surface area (TPSA) is 49.3 Å². The first kappa shape index (κ1) is 6.16. The van der Waals surface area contributed by atoms with E-state index in [-0.39, 0.29) is 17.9 Å². The number of carbonyl (C=O) groups is 1. The van der Waals surface area contributed by atoms with Gasteiger partial charge in [0.25, 0.3) is 0 Å². The number of fused-ring (bicyclic) bond motifs is 2. The van der Waals surface area contributed by atoms with E-state index in [2.05, 4.69) is 5.32 Å². The quantitative estimate of drug-likeness (QED) is 0.484. The molecule has 56 valence electrons. The third kappa shape index (κ3) is 0.736. The molecule has 1 saturated carbocycles. The minimum absolute atomic E-state index is 0.0509. The second-order valence-electron chi connectivity index (χ2n) is 3.19. The van der Waals surface area contributed by atoms with Crippen molar-refractivity contribution in [3.05, 3.63) is 0 Å². The van der Waals surface area contributed by atoms with Gasteiger partial charge in [-0.2, -0.15) is 0 Å². The molecule has 1 amide bonds. The fourth-order valence-electron chi connectivity index (χ4n) is 1.88. The number of amides is 1. The van der Waals surface area contributed by atoms with Crippen molar-refractivity contribution in [2.45, 2.75) is 31.4 Å². The molecule has 2 aliphatic rings. The van der Waals surface area contributed by atoms with Gasteiger partial charge in [-0.3, -0.25) is 4.79 Å². The summed E-state index contributed by atoms with van der Waals surface area (Å²) in [7, 11) is 0. The molecule has 0 radical (unpaired) electrons. The lowest BCUT2D eigenvalue weighted by atomic mass is 9.87. The number of aliphatic hydroxyl groups is 1. The molecule has 0 spiro atoms. The third-order valence-electron chi connectivity index (χ3n) is 2.50. The molecule has 0 unspecified atom stereocenters. The molecule has 0 aromatic carbocycles. The van der Waals surface area contributed by atoms with Gasteiger partial charge in [0.1, 0.15) is 0 Å². The van der Waals surface area contributed by atoms with Crippen LogP contribution in [-0.2, 0) is 4.79 Å². The summed E-state index contributed by atoms with van der Waals surface area (Å²) in [6, 6.07) is 0.362. The van der Waals surface area contributed by atoms with E-state index in [1.165, 1.54) is 0 Å². The largest absolute Gasteiger partial charge is 0.392 e. The van der Waals surface area contributed by atoms with Crippen molar-refractivity contribution in [3.8, 4) is 0 Å². The first-order chi connectivity index (χ1) is 4.77. The molecule has 2 bridgehead atoms. The predicted octanol–water partition coefficient (Wildman–Crippen LogP) is -0.354. The molecule has 2 fully saturated rings. The number of carbonyl (C=O) groups excluding carboxylic acids is 1. The number of aliphatic hydroxyl groups excluding tert-OH is 1. The molecular formula is C7H11NO2. The molecule has 3 nitrogen and oxygen atoms in total. The van der Waals surface area contributed by atoms with E-state index < -0.39 is 0 Å². The highest BCUT2D eigenvalue weighted by Gasteiger charge is 2.40. The van der Waals surface area contributed by atoms with Crippen LogP contribution in [0.3, 0.4) is 0 Å². The summed E-state index contributed by atoms with van der Waals surface area (Å²) in [5, 5.41) is 12.2. The van der Waals surface area contributed by atoms with E-state index in [9.17, 15) is 9.90 Å². The minimum atomic E-state index is -0.376. The average molecular weight is 141 g/mol. The van der Waals surface area contributed by atoms with Gasteiger partial charge in [-0.25, -0.2) is 0 Å². The third-order valence-corrected chi connectivity index (χ3v) is 2.50. The van der Waals surface area contributed by atoms with Gasteiger partial charge < -0.3 is 10.4 Å². The first-order valence-electron chi connectivity index (χ1n) is 3.76. The van der Waals surface area contributed by atoms with E-state index in [1.54, 1.807) is 0 Å². The highest BCUT2D eigenvalue weighted by Crippen LogP contribution is 2.29. The van der Waals surface area contributed by atoms with Crippen molar-refractivity contribution < 1.29 is 9.90 Å². The molecule has 2 rings (SSSR count). The van der Waals surface area contributed by atoms with Gasteiger partial charge in [0.05, 0.1) is 12.0 Å². The van der Waals surface area contributed by atoms with Crippen molar-refractivity contribution in [1.82, 2.24) is 5.32 Å². The Morgan fingerprint density at radius 1 is 1.50 bits per heavy atom. The second kappa shape index (κ2) is 1.95. The Labute approximate surface area is 59.4 Å². The normalized spacial score (nSPS) is 45.3. The maximum atomic E-state index is 11.0. The molecule has 1 aliphatic heterocycles. The molecule has 1 heterocycles. The van der Waals surface area contributed by atoms with Gasteiger partial charge in [0.2, 0.25) is 5.91 Å². The predicted molar refractivity (Wildman–Crippen MR) is 35.3 cm³/mol. The molecular weight excluding hydrogens is 130 g/mol. The molecule has 1 aliphatic carbocycles. The smallest absolute Gasteiger partial charge is 0.226 e. The van der Waals surface area contributed by atoms with Gasteiger partial charge in [0, 0.05) is 6.04 Å². The van der Waals surface area contributed by atoms with E-state index in [4.69, 9.17) is 0 Å². The zero-order valence-corrected chi connectivity index (χ0v) is 5.71. The molecule has 0 aromatic rings. The first-order valence-corrected chi connectivity index (χ1v) is 3.76. The van der Waals surface area contributed by atoms with Crippen molar-refractivity contribution in [2.24, 2.45) is 5.92 Å². The Hall–Kier alpha value is -0.570. The van der Waals surface area contributed by atoms with Gasteiger partial charge in [-0.05, 0) is 19.3 Å². The van der Waals surface area contributed by atoms with Crippen LogP contribution in [0.1, 0.15) is 19.3 Å². The Morgan fingerprint density at radius 3 is 3.00 bits per heavy atom. The van der Waals surface area contributed by atoms with Crippen LogP contribution in [-0.4, -0.2) is 23.2 Å². The summed E-state index contributed by atoms with van der Waals surface area (Å²) in [5.74, 6) is -0.0475. The maximum Gasteiger partial charge on any atom is 0.226 e. The number of nitrogens with one attached hydrogen (secondary N) is 1. The fraction of sp³-hybridized carbons (Fsp3) is 0.857. The average Bonchev–Trinajstić information content (AvgIpc) is 2.21. The lowest BCUT2D eigenvalue weighted by molar-refractivity contribution is -0.125. The summed E-state index contributed by atoms with van der Waals surface area (Å²) >= 11 is 0. The van der Waals surface area contributed by atoms with E-state index >= 15 is 0 Å². The van der Waals surface area contributed by atoms with E-state index in [1.807, 2.05) is 0 Å². The molecule has 1 saturated heterocycles. The number of hydrogen-bond acceptors (Lipinski definition) is 2. The van der Waals surface area contributed by atoms with Crippen molar-refractivity contribution in [3.63, 3.8) is 0 Å². The SMILES string of the molecule is O=C1N[C@@H]2CC[C@H](O)[C@@H]1C2. The Balaban J connectivity index is 2.17. The van der Waals surface area contributed by atoms with Crippen LogP contribution in [0.4, 0.5) is 0 Å². The highest BCUT2D eigenvalue weighted by atomic mass is 16.3. The Bertz CT molecular complexity index is 169. The summed E-state index contributed by atoms with van der Waals surface area (Å²) in [5.41, 5.74) is 0. The van der Waals surface area contributed by atoms with Crippen molar-refractivity contribution in [2.75, 3.05) is 0 Å². The second-order valence-corrected chi connectivity index (χ2v) is 3.19. The lowest BCUT2D eigenvalue weighted by Crippen LogP contribution is -2.27. The molecule has 2 N–H and O–H groups in total. The summed E-state index contributed by atoms with van der Waals surface area (Å²) in [4.78, 5) is 11.0. The van der Waals surface area contributed by atoms with Gasteiger partial charge in [-0.15, -0.1) is 0 Å². The zero-order chi connectivity index (χ0) is 7.14. The van der Waals surface area contributed by atoms with Crippen LogP contribution in [0.2, 0.25) is 0 Å².